The van der Waals surface area contributed by atoms with Gasteiger partial charge in [0.15, 0.2) is 0 Å². The Labute approximate surface area is 432 Å². The molecule has 3 fully saturated rings. The predicted molar refractivity (Wildman–Crippen MR) is 277 cm³/mol. The number of carbonyl (C=O) groups is 4. The molecular weight excluding hydrogens is 956 g/mol. The number of thiazole rings is 1. The number of halogens is 1. The van der Waals surface area contributed by atoms with Gasteiger partial charge in [0.1, 0.15) is 48.4 Å². The second-order valence-corrected chi connectivity index (χ2v) is 22.8. The first-order chi connectivity index (χ1) is 34.0. The van der Waals surface area contributed by atoms with Crippen LogP contribution in [0.5, 0.6) is 11.5 Å². The van der Waals surface area contributed by atoms with Crippen LogP contribution in [0.15, 0.2) is 72.2 Å². The van der Waals surface area contributed by atoms with Gasteiger partial charge in [0.2, 0.25) is 17.7 Å². The standard InChI is InChI=1S/C54H69ClN8O8S/c1-32(34-10-12-35(13-11-34)44-33(2)57-31-72-44)58-47(67)42-26-38(65)29-63(42)49(69)45(52(3,4)5)59-48(68)43(30-64)62-22-20-61(21-23-62)24-25-70-39-17-14-36(15-18-39)46(66)60-50-53(6,7)51(54(50,8)9)71-40-19-16-37(28-56)41(55)27-40/h10-19,27,31-32,38,42-43,45,50-51,64-65H,20-26,29-30H2,1-9H3,(H,58,67)(H,59,68)(H,60,66)/t32-,38+,42-,43-,45+,50?,51?/m0/s1. The monoisotopic (exact) mass is 1020 g/mol. The van der Waals surface area contributed by atoms with Crippen LogP contribution < -0.4 is 25.4 Å². The number of likely N-dealkylation sites (tertiary alicyclic amines) is 1. The Morgan fingerprint density at radius 1 is 0.958 bits per heavy atom. The van der Waals surface area contributed by atoms with Crippen molar-refractivity contribution in [3.8, 4) is 28.0 Å². The van der Waals surface area contributed by atoms with Crippen LogP contribution in [0, 0.1) is 34.5 Å². The molecule has 0 spiro atoms. The Hall–Kier alpha value is -5.61. The number of β-amino-alcohol motifs (C(OH)–C–C–N with tert-alkyl or cyclic N) is 1. The lowest BCUT2D eigenvalue weighted by atomic mass is 9.49. The van der Waals surface area contributed by atoms with Gasteiger partial charge in [-0.1, -0.05) is 84.3 Å². The maximum atomic E-state index is 14.4. The van der Waals surface area contributed by atoms with E-state index in [4.69, 9.17) is 21.1 Å². The summed E-state index contributed by atoms with van der Waals surface area (Å²) in [7, 11) is 0. The summed E-state index contributed by atoms with van der Waals surface area (Å²) in [4.78, 5) is 66.5. The van der Waals surface area contributed by atoms with Gasteiger partial charge in [-0.3, -0.25) is 29.0 Å². The Morgan fingerprint density at radius 2 is 1.61 bits per heavy atom. The fraction of sp³-hybridized carbons (Fsp3) is 0.519. The highest BCUT2D eigenvalue weighted by Crippen LogP contribution is 2.55. The Bertz CT molecular complexity index is 2610. The molecule has 3 heterocycles. The average molecular weight is 1030 g/mol. The number of hydrogen-bond acceptors (Lipinski definition) is 13. The summed E-state index contributed by atoms with van der Waals surface area (Å²) in [5.74, 6) is -0.368. The molecule has 72 heavy (non-hydrogen) atoms. The number of nitrogens with zero attached hydrogens (tertiary/aromatic N) is 5. The first kappa shape index (κ1) is 54.2. The smallest absolute Gasteiger partial charge is 0.251 e. The molecular formula is C54H69ClN8O8S. The molecule has 2 aliphatic heterocycles. The van der Waals surface area contributed by atoms with Crippen molar-refractivity contribution in [1.29, 1.82) is 5.26 Å². The van der Waals surface area contributed by atoms with Crippen molar-refractivity contribution in [3.63, 3.8) is 0 Å². The zero-order chi connectivity index (χ0) is 52.3. The molecule has 5 N–H and O–H groups in total. The second kappa shape index (κ2) is 22.2. The van der Waals surface area contributed by atoms with Crippen LogP contribution in [-0.2, 0) is 14.4 Å². The number of aliphatic hydroxyl groups excluding tert-OH is 2. The molecule has 5 atom stereocenters. The molecule has 18 heteroatoms. The van der Waals surface area contributed by atoms with E-state index in [0.717, 1.165) is 21.7 Å². The van der Waals surface area contributed by atoms with Gasteiger partial charge in [-0.05, 0) is 66.8 Å². The SMILES string of the molecule is Cc1ncsc1-c1ccc([C@H](C)NC(=O)[C@@H]2C[C@@H](O)CN2C(=O)[C@@H](NC(=O)[C@H](CO)N2CCN(CCOc3ccc(C(=O)NC4C(C)(C)C(Oc5ccc(C#N)c(Cl)c5)C4(C)C)cc3)CC2)C(C)(C)C)cc1. The van der Waals surface area contributed by atoms with E-state index >= 15 is 0 Å². The van der Waals surface area contributed by atoms with Crippen LogP contribution in [0.3, 0.4) is 0 Å². The summed E-state index contributed by atoms with van der Waals surface area (Å²) >= 11 is 7.82. The van der Waals surface area contributed by atoms with E-state index in [0.29, 0.717) is 67.0 Å². The number of carbonyl (C=O) groups excluding carboxylic acids is 4. The van der Waals surface area contributed by atoms with E-state index in [9.17, 15) is 34.7 Å². The van der Waals surface area contributed by atoms with Gasteiger partial charge in [0, 0.05) is 74.2 Å². The zero-order valence-electron chi connectivity index (χ0n) is 42.7. The third-order valence-corrected chi connectivity index (χ3v) is 15.9. The van der Waals surface area contributed by atoms with Crippen molar-refractivity contribution in [2.75, 3.05) is 52.5 Å². The highest BCUT2D eigenvalue weighted by atomic mass is 35.5. The largest absolute Gasteiger partial charge is 0.492 e. The number of piperazine rings is 1. The van der Waals surface area contributed by atoms with Crippen molar-refractivity contribution >= 4 is 46.6 Å². The van der Waals surface area contributed by atoms with Gasteiger partial charge < -0.3 is 40.5 Å². The van der Waals surface area contributed by atoms with E-state index in [-0.39, 0.29) is 37.1 Å². The molecule has 1 aromatic heterocycles. The van der Waals surface area contributed by atoms with E-state index < -0.39 is 64.8 Å². The number of benzene rings is 3. The number of ether oxygens (including phenoxy) is 2. The third kappa shape index (κ3) is 11.9. The lowest BCUT2D eigenvalue weighted by Crippen LogP contribution is -2.74. The lowest BCUT2D eigenvalue weighted by molar-refractivity contribution is -0.164. The minimum atomic E-state index is -1.04. The summed E-state index contributed by atoms with van der Waals surface area (Å²) in [6.07, 6.45) is -1.07. The Balaban J connectivity index is 0.862. The molecule has 4 amide bonds. The van der Waals surface area contributed by atoms with Crippen LogP contribution in [0.4, 0.5) is 0 Å². The predicted octanol–water partition coefficient (Wildman–Crippen LogP) is 5.98. The topological polar surface area (TPSA) is 210 Å². The van der Waals surface area contributed by atoms with Crippen LogP contribution in [0.2, 0.25) is 5.02 Å². The normalized spacial score (nSPS) is 22.1. The first-order valence-corrected chi connectivity index (χ1v) is 25.9. The molecule has 3 aromatic carbocycles. The summed E-state index contributed by atoms with van der Waals surface area (Å²) < 4.78 is 12.4. The van der Waals surface area contributed by atoms with Gasteiger partial charge in [-0.2, -0.15) is 5.26 Å². The minimum absolute atomic E-state index is 0.0514. The van der Waals surface area contributed by atoms with E-state index in [1.54, 1.807) is 53.8 Å². The second-order valence-electron chi connectivity index (χ2n) is 21.6. The Kier molecular flexibility index (Phi) is 16.7. The van der Waals surface area contributed by atoms with E-state index in [1.807, 2.05) is 69.3 Å². The highest BCUT2D eigenvalue weighted by Gasteiger charge is 2.64. The van der Waals surface area contributed by atoms with Crippen molar-refractivity contribution in [2.24, 2.45) is 16.2 Å². The molecule has 16 nitrogen and oxygen atoms in total. The summed E-state index contributed by atoms with van der Waals surface area (Å²) in [6.45, 7) is 20.3. The zero-order valence-corrected chi connectivity index (χ0v) is 44.3. The van der Waals surface area contributed by atoms with Gasteiger partial charge in [0.25, 0.3) is 5.91 Å². The molecule has 1 saturated carbocycles. The van der Waals surface area contributed by atoms with Gasteiger partial charge in [-0.25, -0.2) is 4.98 Å². The first-order valence-electron chi connectivity index (χ1n) is 24.6. The van der Waals surface area contributed by atoms with Crippen molar-refractivity contribution in [1.82, 2.24) is 35.6 Å². The highest BCUT2D eigenvalue weighted by molar-refractivity contribution is 7.13. The number of aliphatic hydroxyl groups is 2. The van der Waals surface area contributed by atoms with E-state index in [1.165, 1.54) is 4.90 Å². The average Bonchev–Trinajstić information content (AvgIpc) is 3.96. The number of aromatic nitrogens is 1. The maximum absolute atomic E-state index is 14.4. The molecule has 7 rings (SSSR count). The Morgan fingerprint density at radius 3 is 2.19 bits per heavy atom. The number of aryl methyl sites for hydroxylation is 1. The summed E-state index contributed by atoms with van der Waals surface area (Å²) in [6, 6.07) is 18.6. The van der Waals surface area contributed by atoms with Gasteiger partial charge in [0.05, 0.1) is 45.4 Å². The van der Waals surface area contributed by atoms with Crippen LogP contribution in [0.25, 0.3) is 10.4 Å². The molecule has 0 radical (unpaired) electrons. The molecule has 0 bridgehead atoms. The van der Waals surface area contributed by atoms with Gasteiger partial charge in [-0.15, -0.1) is 11.3 Å². The van der Waals surface area contributed by atoms with Crippen molar-refractivity contribution in [2.45, 2.75) is 111 Å². The van der Waals surface area contributed by atoms with Crippen LogP contribution >= 0.6 is 22.9 Å². The fourth-order valence-corrected chi connectivity index (χ4v) is 11.7. The lowest BCUT2D eigenvalue weighted by Gasteiger charge is -2.63. The number of amides is 4. The fourth-order valence-electron chi connectivity index (χ4n) is 10.7. The van der Waals surface area contributed by atoms with E-state index in [2.05, 4.69) is 59.6 Å². The summed E-state index contributed by atoms with van der Waals surface area (Å²) in [5.41, 5.74) is 3.99. The number of rotatable bonds is 17. The van der Waals surface area contributed by atoms with Crippen LogP contribution in [0.1, 0.15) is 95.0 Å². The van der Waals surface area contributed by atoms with Crippen LogP contribution in [-0.4, -0.2) is 142 Å². The molecule has 4 aromatic rings. The third-order valence-electron chi connectivity index (χ3n) is 14.6. The molecule has 3 aliphatic rings. The molecule has 0 unspecified atom stereocenters. The number of nitrogens with one attached hydrogen (secondary N) is 3. The molecule has 386 valence electrons. The summed E-state index contributed by atoms with van der Waals surface area (Å²) in [5, 5.41) is 40.0. The molecule has 2 saturated heterocycles. The van der Waals surface area contributed by atoms with Crippen molar-refractivity contribution in [3.05, 3.63) is 99.6 Å². The maximum Gasteiger partial charge on any atom is 0.251 e. The molecule has 1 aliphatic carbocycles. The van der Waals surface area contributed by atoms with Gasteiger partial charge >= 0.3 is 0 Å². The minimum Gasteiger partial charge on any atom is -0.492 e. The van der Waals surface area contributed by atoms with Crippen molar-refractivity contribution < 1.29 is 38.9 Å². The number of hydrogen-bond donors (Lipinski definition) is 5. The quantitative estimate of drug-likeness (QED) is 0.0828. The number of nitriles is 1.